The second kappa shape index (κ2) is 14.2. The van der Waals surface area contributed by atoms with Crippen LogP contribution in [0, 0.1) is 12.7 Å². The van der Waals surface area contributed by atoms with E-state index < -0.39 is 46.9 Å². The highest BCUT2D eigenvalue weighted by Crippen LogP contribution is 2.42. The summed E-state index contributed by atoms with van der Waals surface area (Å²) in [5.74, 6) is -2.64. The lowest BCUT2D eigenvalue weighted by Gasteiger charge is -2.36. The standard InChI is InChI=1S/C36H35ClF4N10O4/c1-18-13-26(32(53)44-25-8-6-21(15-23(25)37)36(39,40)41)50-28(18)29(48-9-11-49(12-10-48)33(54)27-30(52)19(2)42-17-43-27)34(55)51-35(50)45-31(46-51)22-7-5-20(14-24(22)38)16-47(3)4/h5-8,14-15,17-18,26,52H,9-13,16H2,1-4H3,(H,44,53). The van der Waals surface area contributed by atoms with Gasteiger partial charge in [0.25, 0.3) is 11.5 Å². The molecule has 0 radical (unpaired) electrons. The summed E-state index contributed by atoms with van der Waals surface area (Å²) in [5, 5.41) is 17.2. The number of amides is 2. The van der Waals surface area contributed by atoms with E-state index in [4.69, 9.17) is 11.6 Å². The van der Waals surface area contributed by atoms with Crippen molar-refractivity contribution in [2.24, 2.45) is 0 Å². The number of carbonyl (C=O) groups excluding carboxylic acids is 2. The number of aromatic hydroxyl groups is 1. The number of aromatic nitrogens is 6. The van der Waals surface area contributed by atoms with E-state index in [0.29, 0.717) is 17.8 Å². The summed E-state index contributed by atoms with van der Waals surface area (Å²) in [6, 6.07) is 6.15. The van der Waals surface area contributed by atoms with Crippen LogP contribution in [0.3, 0.4) is 0 Å². The Hall–Kier alpha value is -5.62. The number of anilines is 2. The SMILES string of the molecule is Cc1ncnc(C(=O)N2CCN(c3c4n(c5nc(-c6ccc(CN(C)C)cc6F)nn5c3=O)C(C(=O)Nc3ccc(C(F)(F)F)cc3Cl)CC4C)CC2)c1O. The molecule has 19 heteroatoms. The molecule has 1 saturated heterocycles. The fourth-order valence-electron chi connectivity index (χ4n) is 7.11. The van der Waals surface area contributed by atoms with Gasteiger partial charge >= 0.3 is 6.18 Å². The van der Waals surface area contributed by atoms with Crippen molar-refractivity contribution in [1.82, 2.24) is 38.9 Å². The molecule has 2 aliphatic heterocycles. The third-order valence-corrected chi connectivity index (χ3v) is 10.1. The summed E-state index contributed by atoms with van der Waals surface area (Å²) >= 11 is 6.19. The van der Waals surface area contributed by atoms with Crippen LogP contribution >= 0.6 is 11.6 Å². The summed E-state index contributed by atoms with van der Waals surface area (Å²) in [7, 11) is 3.70. The predicted molar refractivity (Wildman–Crippen MR) is 194 cm³/mol. The number of halogens is 5. The smallest absolute Gasteiger partial charge is 0.416 e. The van der Waals surface area contributed by atoms with E-state index in [9.17, 15) is 32.7 Å². The number of hydrogen-bond acceptors (Lipinski definition) is 10. The molecule has 2 aromatic carbocycles. The second-order valence-electron chi connectivity index (χ2n) is 13.9. The zero-order valence-corrected chi connectivity index (χ0v) is 30.8. The molecule has 3 aromatic heterocycles. The fraction of sp³-hybridized carbons (Fsp3) is 0.361. The van der Waals surface area contributed by atoms with Crippen molar-refractivity contribution in [2.75, 3.05) is 50.5 Å². The van der Waals surface area contributed by atoms with Crippen LogP contribution in [0.5, 0.6) is 5.75 Å². The summed E-state index contributed by atoms with van der Waals surface area (Å²) < 4.78 is 58.1. The summed E-state index contributed by atoms with van der Waals surface area (Å²) in [4.78, 5) is 59.4. The minimum absolute atomic E-state index is 0.0282. The van der Waals surface area contributed by atoms with Gasteiger partial charge in [-0.15, -0.1) is 5.10 Å². The maximum atomic E-state index is 15.6. The van der Waals surface area contributed by atoms with Crippen molar-refractivity contribution >= 4 is 40.6 Å². The van der Waals surface area contributed by atoms with Gasteiger partial charge in [-0.25, -0.2) is 14.4 Å². The minimum atomic E-state index is -4.65. The number of nitrogens with one attached hydrogen (secondary N) is 1. The molecule has 2 N–H and O–H groups in total. The van der Waals surface area contributed by atoms with Crippen LogP contribution in [0.2, 0.25) is 5.02 Å². The van der Waals surface area contributed by atoms with Gasteiger partial charge in [-0.2, -0.15) is 22.7 Å². The lowest BCUT2D eigenvalue weighted by Crippen LogP contribution is -2.51. The molecule has 5 aromatic rings. The zero-order valence-electron chi connectivity index (χ0n) is 30.0. The minimum Gasteiger partial charge on any atom is -0.504 e. The average molecular weight is 783 g/mol. The van der Waals surface area contributed by atoms with Gasteiger partial charge in [0, 0.05) is 38.6 Å². The Labute approximate surface area is 316 Å². The first-order chi connectivity index (χ1) is 26.0. The Kier molecular flexibility index (Phi) is 9.75. The average Bonchev–Trinajstić information content (AvgIpc) is 3.72. The van der Waals surface area contributed by atoms with Gasteiger partial charge < -0.3 is 25.1 Å². The quantitative estimate of drug-likeness (QED) is 0.219. The highest BCUT2D eigenvalue weighted by molar-refractivity contribution is 6.33. The van der Waals surface area contributed by atoms with Crippen LogP contribution in [0.4, 0.5) is 28.9 Å². The number of alkyl halides is 3. The molecule has 14 nitrogen and oxygen atoms in total. The van der Waals surface area contributed by atoms with E-state index in [2.05, 4.69) is 25.4 Å². The predicted octanol–water partition coefficient (Wildman–Crippen LogP) is 4.88. The number of benzene rings is 2. The first-order valence-corrected chi connectivity index (χ1v) is 17.6. The van der Waals surface area contributed by atoms with Crippen molar-refractivity contribution in [3.63, 3.8) is 0 Å². The van der Waals surface area contributed by atoms with Crippen molar-refractivity contribution in [2.45, 2.75) is 44.9 Å². The molecule has 1 fully saturated rings. The normalized spacial score (nSPS) is 17.3. The summed E-state index contributed by atoms with van der Waals surface area (Å²) in [6.07, 6.45) is -3.29. The van der Waals surface area contributed by atoms with Gasteiger partial charge in [-0.1, -0.05) is 24.6 Å². The third-order valence-electron chi connectivity index (χ3n) is 9.78. The fourth-order valence-corrected chi connectivity index (χ4v) is 7.34. The van der Waals surface area contributed by atoms with E-state index in [0.717, 1.165) is 22.7 Å². The number of fused-ring (bicyclic) bond motifs is 3. The molecule has 0 spiro atoms. The lowest BCUT2D eigenvalue weighted by atomic mass is 10.0. The maximum Gasteiger partial charge on any atom is 0.416 e. The molecule has 2 amide bonds. The molecule has 0 saturated carbocycles. The molecule has 5 heterocycles. The molecule has 7 rings (SSSR count). The van der Waals surface area contributed by atoms with Gasteiger partial charge in [0.05, 0.1) is 33.2 Å². The van der Waals surface area contributed by atoms with Crippen LogP contribution in [0.25, 0.3) is 17.2 Å². The first kappa shape index (κ1) is 37.7. The Bertz CT molecular complexity index is 2410. The van der Waals surface area contributed by atoms with Gasteiger partial charge in [0.15, 0.2) is 17.3 Å². The van der Waals surface area contributed by atoms with E-state index in [1.165, 1.54) is 23.4 Å². The number of nitrogens with zero attached hydrogens (tertiary/aromatic N) is 9. The van der Waals surface area contributed by atoms with Gasteiger partial charge in [-0.05, 0) is 63.3 Å². The Morgan fingerprint density at radius 1 is 1.07 bits per heavy atom. The van der Waals surface area contributed by atoms with Crippen molar-refractivity contribution < 1.29 is 32.3 Å². The molecule has 0 bridgehead atoms. The number of hydrogen-bond donors (Lipinski definition) is 2. The zero-order chi connectivity index (χ0) is 39.5. The first-order valence-electron chi connectivity index (χ1n) is 17.2. The highest BCUT2D eigenvalue weighted by Gasteiger charge is 2.41. The lowest BCUT2D eigenvalue weighted by molar-refractivity contribution is -0.137. The Morgan fingerprint density at radius 3 is 2.45 bits per heavy atom. The van der Waals surface area contributed by atoms with Crippen LogP contribution in [0.15, 0.2) is 47.5 Å². The highest BCUT2D eigenvalue weighted by atomic mass is 35.5. The van der Waals surface area contributed by atoms with E-state index >= 15 is 4.39 Å². The molecule has 55 heavy (non-hydrogen) atoms. The van der Waals surface area contributed by atoms with Gasteiger partial charge in [-0.3, -0.25) is 19.0 Å². The topological polar surface area (TPSA) is 154 Å². The Morgan fingerprint density at radius 2 is 1.80 bits per heavy atom. The monoisotopic (exact) mass is 782 g/mol. The number of aryl methyl sites for hydroxylation is 1. The Balaban J connectivity index is 1.29. The van der Waals surface area contributed by atoms with E-state index in [1.54, 1.807) is 22.5 Å². The van der Waals surface area contributed by atoms with E-state index in [1.807, 2.05) is 25.9 Å². The van der Waals surface area contributed by atoms with Crippen LogP contribution < -0.4 is 15.8 Å². The molecule has 288 valence electrons. The molecular formula is C36H35ClF4N10O4. The van der Waals surface area contributed by atoms with Crippen molar-refractivity contribution in [3.8, 4) is 17.1 Å². The number of carbonyl (C=O) groups is 2. The van der Waals surface area contributed by atoms with Gasteiger partial charge in [0.1, 0.15) is 23.9 Å². The number of piperazine rings is 1. The summed E-state index contributed by atoms with van der Waals surface area (Å²) in [5.41, 5.74) is -0.127. The molecule has 2 atom stereocenters. The molecular weight excluding hydrogens is 748 g/mol. The van der Waals surface area contributed by atoms with Gasteiger partial charge in [0.2, 0.25) is 11.7 Å². The third kappa shape index (κ3) is 6.95. The van der Waals surface area contributed by atoms with Crippen molar-refractivity contribution in [1.29, 1.82) is 0 Å². The van der Waals surface area contributed by atoms with Crippen LogP contribution in [-0.4, -0.2) is 96.1 Å². The second-order valence-corrected chi connectivity index (χ2v) is 14.3. The molecule has 2 unspecified atom stereocenters. The van der Waals surface area contributed by atoms with Crippen LogP contribution in [0.1, 0.15) is 58.3 Å². The number of rotatable bonds is 7. The van der Waals surface area contributed by atoms with E-state index in [-0.39, 0.29) is 83.3 Å². The summed E-state index contributed by atoms with van der Waals surface area (Å²) in [6.45, 7) is 4.50. The maximum absolute atomic E-state index is 15.6. The van der Waals surface area contributed by atoms with Crippen molar-refractivity contribution in [3.05, 3.63) is 92.1 Å². The van der Waals surface area contributed by atoms with Crippen LogP contribution in [-0.2, 0) is 17.5 Å². The molecule has 0 aliphatic carbocycles. The largest absolute Gasteiger partial charge is 0.504 e. The molecule has 2 aliphatic rings.